The van der Waals surface area contributed by atoms with Crippen molar-refractivity contribution in [1.29, 1.82) is 0 Å². The van der Waals surface area contributed by atoms with E-state index in [4.69, 9.17) is 0 Å². The third-order valence-corrected chi connectivity index (χ3v) is 0.943. The highest BCUT2D eigenvalue weighted by Crippen LogP contribution is 1.98. The molecule has 0 heterocycles. The lowest BCUT2D eigenvalue weighted by Gasteiger charge is -1.75. The van der Waals surface area contributed by atoms with E-state index in [-0.39, 0.29) is 0 Å². The Bertz CT molecular complexity index is 42.8. The van der Waals surface area contributed by atoms with Crippen LogP contribution in [0.15, 0.2) is 11.7 Å². The van der Waals surface area contributed by atoms with Crippen LogP contribution in [0.3, 0.4) is 0 Å². The van der Waals surface area contributed by atoms with E-state index in [0.29, 0.717) is 6.33 Å². The molecule has 2 heteroatoms. The van der Waals surface area contributed by atoms with Crippen molar-refractivity contribution in [1.82, 2.24) is 0 Å². The summed E-state index contributed by atoms with van der Waals surface area (Å²) < 4.78 is 11.0. The third-order valence-electron chi connectivity index (χ3n) is 0.314. The second-order valence-corrected chi connectivity index (χ2v) is 1.90. The minimum atomic E-state index is 0.550. The van der Waals surface area contributed by atoms with Crippen molar-refractivity contribution in [2.75, 3.05) is 5.75 Å². The van der Waals surface area contributed by atoms with Gasteiger partial charge >= 0.3 is 0 Å². The van der Waals surface area contributed by atoms with Gasteiger partial charge in [0.05, 0.1) is 6.33 Å². The van der Waals surface area contributed by atoms with Crippen molar-refractivity contribution in [3.63, 3.8) is 0 Å². The van der Waals surface area contributed by atoms with Gasteiger partial charge < -0.3 is 0 Å². The zero-order valence-electron chi connectivity index (χ0n) is 3.65. The average molecular weight is 106 g/mol. The van der Waals surface area contributed by atoms with E-state index < -0.39 is 0 Å². The number of hydrogen-bond acceptors (Lipinski definition) is 1. The standard InChI is InChI=1S/C4H7FS/c1-2-6-4-3-5/h3-4H,2H2,1H3/b4-3+. The summed E-state index contributed by atoms with van der Waals surface area (Å²) in [5, 5.41) is 1.43. The Labute approximate surface area is 41.4 Å². The summed E-state index contributed by atoms with van der Waals surface area (Å²) in [5.74, 6) is 0.945. The van der Waals surface area contributed by atoms with Crippen molar-refractivity contribution in [2.45, 2.75) is 6.92 Å². The van der Waals surface area contributed by atoms with E-state index in [9.17, 15) is 4.39 Å². The molecule has 0 unspecified atom stereocenters. The molecule has 0 bridgehead atoms. The molecular formula is C4H7FS. The number of thioether (sulfide) groups is 1. The summed E-state index contributed by atoms with van der Waals surface area (Å²) in [5.41, 5.74) is 0. The molecule has 0 aromatic carbocycles. The molecule has 36 valence electrons. The number of halogens is 1. The van der Waals surface area contributed by atoms with Crippen LogP contribution in [0.5, 0.6) is 0 Å². The Kier molecular flexibility index (Phi) is 5.04. The van der Waals surface area contributed by atoms with Crippen LogP contribution >= 0.6 is 11.8 Å². The molecule has 0 aliphatic heterocycles. The predicted octanol–water partition coefficient (Wildman–Crippen LogP) is 2.18. The minimum absolute atomic E-state index is 0.550. The topological polar surface area (TPSA) is 0 Å². The second kappa shape index (κ2) is 5.02. The zero-order chi connectivity index (χ0) is 4.83. The van der Waals surface area contributed by atoms with Gasteiger partial charge in [0.15, 0.2) is 0 Å². The lowest BCUT2D eigenvalue weighted by molar-refractivity contribution is 0.723. The first-order chi connectivity index (χ1) is 2.91. The molecular weight excluding hydrogens is 99.1 g/mol. The maximum absolute atomic E-state index is 11.0. The fourth-order valence-corrected chi connectivity index (χ4v) is 0.398. The summed E-state index contributed by atoms with van der Waals surface area (Å²) in [6.07, 6.45) is 0.550. The van der Waals surface area contributed by atoms with Gasteiger partial charge in [0.2, 0.25) is 0 Å². The van der Waals surface area contributed by atoms with Crippen LogP contribution in [0.1, 0.15) is 6.92 Å². The smallest absolute Gasteiger partial charge is 0.0929 e. The Morgan fingerprint density at radius 2 is 2.50 bits per heavy atom. The van der Waals surface area contributed by atoms with Gasteiger partial charge in [-0.15, -0.1) is 11.8 Å². The van der Waals surface area contributed by atoms with Crippen molar-refractivity contribution in [3.8, 4) is 0 Å². The molecule has 0 N–H and O–H groups in total. The monoisotopic (exact) mass is 106 g/mol. The summed E-state index contributed by atoms with van der Waals surface area (Å²) in [6, 6.07) is 0. The molecule has 0 rings (SSSR count). The van der Waals surface area contributed by atoms with Gasteiger partial charge in [-0.05, 0) is 11.2 Å². The number of rotatable bonds is 2. The van der Waals surface area contributed by atoms with Gasteiger partial charge in [0.25, 0.3) is 0 Å². The molecule has 0 saturated heterocycles. The highest BCUT2D eigenvalue weighted by Gasteiger charge is 1.66. The SMILES string of the molecule is CCS/C=C/F. The highest BCUT2D eigenvalue weighted by atomic mass is 32.2. The molecule has 0 nitrogen and oxygen atoms in total. The Hall–Kier alpha value is 0.0200. The molecule has 0 aromatic rings. The molecule has 0 atom stereocenters. The molecule has 0 spiro atoms. The highest BCUT2D eigenvalue weighted by molar-refractivity contribution is 8.02. The van der Waals surface area contributed by atoms with Crippen LogP contribution in [0, 0.1) is 0 Å². The van der Waals surface area contributed by atoms with Crippen molar-refractivity contribution in [2.24, 2.45) is 0 Å². The maximum Gasteiger partial charge on any atom is 0.0929 e. The quantitative estimate of drug-likeness (QED) is 0.520. The van der Waals surface area contributed by atoms with Gasteiger partial charge in [0.1, 0.15) is 0 Å². The first-order valence-electron chi connectivity index (χ1n) is 1.78. The van der Waals surface area contributed by atoms with E-state index in [1.54, 1.807) is 0 Å². The van der Waals surface area contributed by atoms with Crippen LogP contribution in [0.2, 0.25) is 0 Å². The second-order valence-electron chi connectivity index (χ2n) is 0.717. The lowest BCUT2D eigenvalue weighted by Crippen LogP contribution is -1.53. The average Bonchev–Trinajstić information content (AvgIpc) is 1.61. The van der Waals surface area contributed by atoms with Gasteiger partial charge in [-0.2, -0.15) is 0 Å². The zero-order valence-corrected chi connectivity index (χ0v) is 4.46. The maximum atomic E-state index is 11.0. The van der Waals surface area contributed by atoms with E-state index in [1.807, 2.05) is 6.92 Å². The predicted molar refractivity (Wildman–Crippen MR) is 28.4 cm³/mol. The fourth-order valence-electron chi connectivity index (χ4n) is 0.133. The molecule has 0 fully saturated rings. The molecule has 0 radical (unpaired) electrons. The molecule has 0 amide bonds. The molecule has 0 aliphatic carbocycles. The Morgan fingerprint density at radius 3 is 2.67 bits per heavy atom. The van der Waals surface area contributed by atoms with E-state index >= 15 is 0 Å². The largest absolute Gasteiger partial charge is 0.215 e. The molecule has 0 aliphatic rings. The lowest BCUT2D eigenvalue weighted by atomic mass is 11.0. The normalized spacial score (nSPS) is 10.3. The van der Waals surface area contributed by atoms with Gasteiger partial charge in [-0.3, -0.25) is 0 Å². The Balaban J connectivity index is 2.66. The first kappa shape index (κ1) is 6.02. The number of hydrogen-bond donors (Lipinski definition) is 0. The third kappa shape index (κ3) is 4.02. The van der Waals surface area contributed by atoms with Crippen molar-refractivity contribution in [3.05, 3.63) is 11.7 Å². The van der Waals surface area contributed by atoms with Crippen molar-refractivity contribution < 1.29 is 4.39 Å². The summed E-state index contributed by atoms with van der Waals surface area (Å²) in [4.78, 5) is 0. The van der Waals surface area contributed by atoms with Crippen LogP contribution in [0.4, 0.5) is 4.39 Å². The van der Waals surface area contributed by atoms with Gasteiger partial charge in [0, 0.05) is 0 Å². The Morgan fingerprint density at radius 1 is 1.83 bits per heavy atom. The first-order valence-corrected chi connectivity index (χ1v) is 2.83. The minimum Gasteiger partial charge on any atom is -0.215 e. The fraction of sp³-hybridized carbons (Fsp3) is 0.500. The van der Waals surface area contributed by atoms with Crippen molar-refractivity contribution >= 4 is 11.8 Å². The van der Waals surface area contributed by atoms with Crippen LogP contribution in [0.25, 0.3) is 0 Å². The summed E-state index contributed by atoms with van der Waals surface area (Å²) in [7, 11) is 0. The van der Waals surface area contributed by atoms with Crippen LogP contribution < -0.4 is 0 Å². The molecule has 0 saturated carbocycles. The van der Waals surface area contributed by atoms with E-state index in [2.05, 4.69) is 0 Å². The molecule has 6 heavy (non-hydrogen) atoms. The van der Waals surface area contributed by atoms with E-state index in [0.717, 1.165) is 5.75 Å². The van der Waals surface area contributed by atoms with Crippen LogP contribution in [-0.2, 0) is 0 Å². The van der Waals surface area contributed by atoms with Gasteiger partial charge in [-0.25, -0.2) is 4.39 Å². The van der Waals surface area contributed by atoms with E-state index in [1.165, 1.54) is 17.2 Å². The summed E-state index contributed by atoms with van der Waals surface area (Å²) in [6.45, 7) is 1.98. The summed E-state index contributed by atoms with van der Waals surface area (Å²) >= 11 is 1.45. The molecule has 0 aromatic heterocycles. The van der Waals surface area contributed by atoms with Crippen LogP contribution in [-0.4, -0.2) is 5.75 Å². The van der Waals surface area contributed by atoms with Gasteiger partial charge in [-0.1, -0.05) is 6.92 Å².